The molecule has 1 amide bonds. The maximum Gasteiger partial charge on any atom is 0.242 e. The van der Waals surface area contributed by atoms with Gasteiger partial charge >= 0.3 is 0 Å². The van der Waals surface area contributed by atoms with Gasteiger partial charge in [-0.05, 0) is 31.0 Å². The minimum Gasteiger partial charge on any atom is -0.397 e. The summed E-state index contributed by atoms with van der Waals surface area (Å²) in [6.07, 6.45) is 0.745. The van der Waals surface area contributed by atoms with Crippen LogP contribution in [0.4, 0.5) is 11.4 Å². The zero-order valence-corrected chi connectivity index (χ0v) is 14.0. The Kier molecular flexibility index (Phi) is 6.04. The fraction of sp³-hybridized carbons (Fsp3) is 0.500. The monoisotopic (exact) mass is 332 g/mol. The van der Waals surface area contributed by atoms with Crippen molar-refractivity contribution >= 4 is 38.7 Å². The number of halogens is 1. The second-order valence-electron chi connectivity index (χ2n) is 5.21. The Hall–Kier alpha value is -1.27. The maximum absolute atomic E-state index is 12.2. The van der Waals surface area contributed by atoms with Crippen molar-refractivity contribution in [1.29, 1.82) is 0 Å². The number of anilines is 2. The van der Waals surface area contributed by atoms with Gasteiger partial charge in [0.1, 0.15) is 5.25 Å². The highest BCUT2D eigenvalue weighted by atomic mass is 35.5. The summed E-state index contributed by atoms with van der Waals surface area (Å²) >= 11 is 5.83. The van der Waals surface area contributed by atoms with E-state index >= 15 is 0 Å². The molecule has 1 aromatic rings. The van der Waals surface area contributed by atoms with Crippen LogP contribution < -0.4 is 11.1 Å². The van der Waals surface area contributed by atoms with Crippen LogP contribution in [0.2, 0.25) is 5.02 Å². The van der Waals surface area contributed by atoms with Crippen LogP contribution in [0.25, 0.3) is 0 Å². The Morgan fingerprint density at radius 3 is 2.57 bits per heavy atom. The molecular weight excluding hydrogens is 312 g/mol. The minimum atomic E-state index is -3.50. The second kappa shape index (κ2) is 7.13. The highest BCUT2D eigenvalue weighted by Crippen LogP contribution is 2.23. The lowest BCUT2D eigenvalue weighted by Crippen LogP contribution is -2.35. The third-order valence-electron chi connectivity index (χ3n) is 3.39. The SMILES string of the molecule is CCC(C)CS(=O)(=O)C(C)C(=O)Nc1cc(Cl)ccc1N. The Labute approximate surface area is 130 Å². The highest BCUT2D eigenvalue weighted by molar-refractivity contribution is 7.92. The number of carbonyl (C=O) groups is 1. The number of benzene rings is 1. The molecular formula is C14H21ClN2O3S. The number of amides is 1. The van der Waals surface area contributed by atoms with Gasteiger partial charge in [-0.2, -0.15) is 0 Å². The summed E-state index contributed by atoms with van der Waals surface area (Å²) in [4.78, 5) is 12.1. The van der Waals surface area contributed by atoms with Crippen molar-refractivity contribution < 1.29 is 13.2 Å². The molecule has 5 nitrogen and oxygen atoms in total. The van der Waals surface area contributed by atoms with Crippen molar-refractivity contribution in [2.45, 2.75) is 32.4 Å². The zero-order valence-electron chi connectivity index (χ0n) is 12.4. The summed E-state index contributed by atoms with van der Waals surface area (Å²) in [6.45, 7) is 5.14. The van der Waals surface area contributed by atoms with E-state index in [-0.39, 0.29) is 11.7 Å². The molecule has 0 heterocycles. The third kappa shape index (κ3) is 4.89. The number of nitrogens with two attached hydrogens (primary N) is 1. The Balaban J connectivity index is 2.86. The molecule has 0 aliphatic heterocycles. The van der Waals surface area contributed by atoms with Gasteiger partial charge in [0.25, 0.3) is 0 Å². The summed E-state index contributed by atoms with van der Waals surface area (Å²) in [5, 5.41) is 1.80. The smallest absolute Gasteiger partial charge is 0.242 e. The quantitative estimate of drug-likeness (QED) is 0.784. The van der Waals surface area contributed by atoms with Gasteiger partial charge < -0.3 is 11.1 Å². The van der Waals surface area contributed by atoms with E-state index in [2.05, 4.69) is 5.32 Å². The Bertz CT molecular complexity index is 617. The van der Waals surface area contributed by atoms with Crippen LogP contribution in [-0.4, -0.2) is 25.3 Å². The van der Waals surface area contributed by atoms with Crippen LogP contribution in [0.5, 0.6) is 0 Å². The van der Waals surface area contributed by atoms with Crippen molar-refractivity contribution in [2.24, 2.45) is 5.92 Å². The van der Waals surface area contributed by atoms with Gasteiger partial charge in [-0.25, -0.2) is 8.42 Å². The van der Waals surface area contributed by atoms with Gasteiger partial charge in [-0.1, -0.05) is 31.9 Å². The lowest BCUT2D eigenvalue weighted by atomic mass is 10.2. The molecule has 7 heteroatoms. The van der Waals surface area contributed by atoms with E-state index in [1.807, 2.05) is 13.8 Å². The van der Waals surface area contributed by atoms with Gasteiger partial charge in [-0.15, -0.1) is 0 Å². The number of nitrogen functional groups attached to an aromatic ring is 1. The van der Waals surface area contributed by atoms with Gasteiger partial charge in [0.05, 0.1) is 17.1 Å². The van der Waals surface area contributed by atoms with E-state index in [0.29, 0.717) is 16.4 Å². The fourth-order valence-corrected chi connectivity index (χ4v) is 3.57. The first-order chi connectivity index (χ1) is 9.67. The van der Waals surface area contributed by atoms with E-state index in [0.717, 1.165) is 6.42 Å². The predicted molar refractivity (Wildman–Crippen MR) is 87.2 cm³/mol. The molecule has 3 N–H and O–H groups in total. The van der Waals surface area contributed by atoms with Crippen LogP contribution in [0.3, 0.4) is 0 Å². The highest BCUT2D eigenvalue weighted by Gasteiger charge is 2.29. The number of hydrogen-bond acceptors (Lipinski definition) is 4. The predicted octanol–water partition coefficient (Wildman–Crippen LogP) is 2.71. The van der Waals surface area contributed by atoms with Crippen LogP contribution in [-0.2, 0) is 14.6 Å². The van der Waals surface area contributed by atoms with Gasteiger partial charge in [0.2, 0.25) is 5.91 Å². The average molecular weight is 333 g/mol. The molecule has 2 atom stereocenters. The van der Waals surface area contributed by atoms with Crippen LogP contribution >= 0.6 is 11.6 Å². The zero-order chi connectivity index (χ0) is 16.2. The van der Waals surface area contributed by atoms with E-state index in [4.69, 9.17) is 17.3 Å². The normalized spacial score (nSPS) is 14.5. The minimum absolute atomic E-state index is 0.0108. The number of sulfone groups is 1. The molecule has 0 bridgehead atoms. The molecule has 0 spiro atoms. The topological polar surface area (TPSA) is 89.3 Å². The van der Waals surface area contributed by atoms with Gasteiger partial charge in [0.15, 0.2) is 9.84 Å². The van der Waals surface area contributed by atoms with Crippen LogP contribution in [0.15, 0.2) is 18.2 Å². The summed E-state index contributed by atoms with van der Waals surface area (Å²) in [5.41, 5.74) is 6.38. The second-order valence-corrected chi connectivity index (χ2v) is 8.01. The summed E-state index contributed by atoms with van der Waals surface area (Å²) in [7, 11) is -3.50. The van der Waals surface area contributed by atoms with Crippen LogP contribution in [0.1, 0.15) is 27.2 Å². The third-order valence-corrected chi connectivity index (χ3v) is 5.96. The molecule has 1 aromatic carbocycles. The molecule has 0 aliphatic carbocycles. The van der Waals surface area contributed by atoms with E-state index in [1.165, 1.54) is 13.0 Å². The average Bonchev–Trinajstić information content (AvgIpc) is 2.41. The molecule has 0 aromatic heterocycles. The van der Waals surface area contributed by atoms with E-state index in [9.17, 15) is 13.2 Å². The molecule has 21 heavy (non-hydrogen) atoms. The molecule has 0 saturated carbocycles. The van der Waals surface area contributed by atoms with Crippen molar-refractivity contribution in [3.8, 4) is 0 Å². The number of rotatable bonds is 6. The van der Waals surface area contributed by atoms with E-state index in [1.54, 1.807) is 12.1 Å². The summed E-state index contributed by atoms with van der Waals surface area (Å²) < 4.78 is 24.3. The summed E-state index contributed by atoms with van der Waals surface area (Å²) in [6, 6.07) is 4.63. The van der Waals surface area contributed by atoms with Gasteiger partial charge in [0, 0.05) is 5.02 Å². The number of nitrogens with one attached hydrogen (secondary N) is 1. The molecule has 2 unspecified atom stereocenters. The largest absolute Gasteiger partial charge is 0.397 e. The van der Waals surface area contributed by atoms with E-state index < -0.39 is 21.0 Å². The molecule has 118 valence electrons. The molecule has 0 aliphatic rings. The number of carbonyl (C=O) groups excluding carboxylic acids is 1. The maximum atomic E-state index is 12.2. The fourth-order valence-electron chi connectivity index (χ4n) is 1.69. The molecule has 0 radical (unpaired) electrons. The first kappa shape index (κ1) is 17.8. The lowest BCUT2D eigenvalue weighted by molar-refractivity contribution is -0.115. The van der Waals surface area contributed by atoms with Crippen molar-refractivity contribution in [1.82, 2.24) is 0 Å². The Morgan fingerprint density at radius 1 is 1.38 bits per heavy atom. The molecule has 0 saturated heterocycles. The van der Waals surface area contributed by atoms with Crippen LogP contribution in [0, 0.1) is 5.92 Å². The molecule has 0 fully saturated rings. The lowest BCUT2D eigenvalue weighted by Gasteiger charge is -2.16. The first-order valence-electron chi connectivity index (χ1n) is 6.74. The number of hydrogen-bond donors (Lipinski definition) is 2. The van der Waals surface area contributed by atoms with Crippen molar-refractivity contribution in [2.75, 3.05) is 16.8 Å². The standard InChI is InChI=1S/C14H21ClN2O3S/c1-4-9(2)8-21(19,20)10(3)14(18)17-13-7-11(15)5-6-12(13)16/h5-7,9-10H,4,8,16H2,1-3H3,(H,17,18). The van der Waals surface area contributed by atoms with Crippen molar-refractivity contribution in [3.05, 3.63) is 23.2 Å². The Morgan fingerprint density at radius 2 is 2.00 bits per heavy atom. The first-order valence-corrected chi connectivity index (χ1v) is 8.84. The van der Waals surface area contributed by atoms with Gasteiger partial charge in [-0.3, -0.25) is 4.79 Å². The molecule has 1 rings (SSSR count). The summed E-state index contributed by atoms with van der Waals surface area (Å²) in [5.74, 6) is -0.600. The van der Waals surface area contributed by atoms with Crippen molar-refractivity contribution in [3.63, 3.8) is 0 Å².